The first-order chi connectivity index (χ1) is 19.2. The number of alkyl halides is 6. The van der Waals surface area contributed by atoms with Gasteiger partial charge in [0, 0.05) is 13.1 Å². The number of anilines is 1. The summed E-state index contributed by atoms with van der Waals surface area (Å²) in [5.41, 5.74) is -5.84. The molecule has 1 saturated heterocycles. The maximum absolute atomic E-state index is 13.7. The summed E-state index contributed by atoms with van der Waals surface area (Å²) in [7, 11) is 0. The summed E-state index contributed by atoms with van der Waals surface area (Å²) >= 11 is 0. The molecule has 0 radical (unpaired) electrons. The number of benzene rings is 2. The van der Waals surface area contributed by atoms with Gasteiger partial charge in [0.15, 0.2) is 0 Å². The Morgan fingerprint density at radius 1 is 0.857 bits per heavy atom. The van der Waals surface area contributed by atoms with E-state index in [4.69, 9.17) is 4.74 Å². The van der Waals surface area contributed by atoms with E-state index in [1.165, 1.54) is 20.8 Å². The maximum atomic E-state index is 13.7. The number of ether oxygens (including phenoxy) is 1. The number of rotatable bonds is 4. The molecule has 0 aliphatic carbocycles. The van der Waals surface area contributed by atoms with Crippen LogP contribution < -0.4 is 5.32 Å². The third-order valence-corrected chi connectivity index (χ3v) is 6.00. The van der Waals surface area contributed by atoms with Crippen molar-refractivity contribution in [2.75, 3.05) is 25.0 Å². The van der Waals surface area contributed by atoms with Gasteiger partial charge in [-0.2, -0.15) is 26.3 Å². The SMILES string of the molecule is CC(C)(C)OC(=O)Nc1ccc(-c2cc(C(F)(F)F)cc(C(F)(F)F)c2)cc1C(=O)N1CCN(C(=O)O)C[C@H]1C(=O)O. The first-order valence-electron chi connectivity index (χ1n) is 12.1. The summed E-state index contributed by atoms with van der Waals surface area (Å²) in [5, 5.41) is 21.2. The van der Waals surface area contributed by atoms with Crippen LogP contribution in [0.15, 0.2) is 36.4 Å². The average molecular weight is 605 g/mol. The monoisotopic (exact) mass is 605 g/mol. The third kappa shape index (κ3) is 7.61. The van der Waals surface area contributed by atoms with Crippen molar-refractivity contribution in [2.45, 2.75) is 44.8 Å². The quantitative estimate of drug-likeness (QED) is 0.385. The van der Waals surface area contributed by atoms with Crippen LogP contribution in [0.3, 0.4) is 0 Å². The molecule has 10 nitrogen and oxygen atoms in total. The van der Waals surface area contributed by atoms with Gasteiger partial charge in [0.25, 0.3) is 5.91 Å². The fraction of sp³-hybridized carbons (Fsp3) is 0.385. The van der Waals surface area contributed by atoms with Gasteiger partial charge in [-0.15, -0.1) is 0 Å². The third-order valence-electron chi connectivity index (χ3n) is 6.00. The topological polar surface area (TPSA) is 136 Å². The molecule has 16 heteroatoms. The van der Waals surface area contributed by atoms with Crippen molar-refractivity contribution >= 4 is 29.8 Å². The van der Waals surface area contributed by atoms with Crippen LogP contribution in [0.2, 0.25) is 0 Å². The minimum atomic E-state index is -5.15. The number of hydrogen-bond donors (Lipinski definition) is 3. The molecule has 2 aromatic carbocycles. The number of hydrogen-bond acceptors (Lipinski definition) is 5. The van der Waals surface area contributed by atoms with E-state index >= 15 is 0 Å². The highest BCUT2D eigenvalue weighted by atomic mass is 19.4. The first kappa shape index (κ1) is 32.0. The zero-order chi connectivity index (χ0) is 31.8. The second-order valence-electron chi connectivity index (χ2n) is 10.3. The molecule has 3 N–H and O–H groups in total. The predicted molar refractivity (Wildman–Crippen MR) is 134 cm³/mol. The van der Waals surface area contributed by atoms with Gasteiger partial charge >= 0.3 is 30.5 Å². The van der Waals surface area contributed by atoms with Crippen molar-refractivity contribution in [1.82, 2.24) is 9.80 Å². The van der Waals surface area contributed by atoms with Crippen LogP contribution in [0.5, 0.6) is 0 Å². The molecule has 1 atom stereocenters. The second kappa shape index (κ2) is 11.4. The largest absolute Gasteiger partial charge is 0.480 e. The molecule has 1 heterocycles. The van der Waals surface area contributed by atoms with Gasteiger partial charge in [0.1, 0.15) is 11.6 Å². The van der Waals surface area contributed by atoms with E-state index < -0.39 is 83.4 Å². The summed E-state index contributed by atoms with van der Waals surface area (Å²) in [6.07, 6.45) is -12.8. The van der Waals surface area contributed by atoms with E-state index in [1.54, 1.807) is 0 Å². The number of amides is 3. The molecule has 3 rings (SSSR count). The van der Waals surface area contributed by atoms with Crippen molar-refractivity contribution in [1.29, 1.82) is 0 Å². The molecule has 1 fully saturated rings. The van der Waals surface area contributed by atoms with Crippen LogP contribution in [-0.4, -0.2) is 75.4 Å². The van der Waals surface area contributed by atoms with Crippen LogP contribution >= 0.6 is 0 Å². The van der Waals surface area contributed by atoms with Crippen LogP contribution in [0.1, 0.15) is 42.3 Å². The van der Waals surface area contributed by atoms with Crippen LogP contribution in [0, 0.1) is 0 Å². The molecule has 0 saturated carbocycles. The van der Waals surface area contributed by atoms with Gasteiger partial charge < -0.3 is 24.7 Å². The van der Waals surface area contributed by atoms with E-state index in [0.717, 1.165) is 28.0 Å². The summed E-state index contributed by atoms with van der Waals surface area (Å²) < 4.78 is 85.9. The number of aliphatic carboxylic acids is 1. The number of carbonyl (C=O) groups is 4. The lowest BCUT2D eigenvalue weighted by Gasteiger charge is -2.38. The van der Waals surface area contributed by atoms with Crippen molar-refractivity contribution in [3.63, 3.8) is 0 Å². The summed E-state index contributed by atoms with van der Waals surface area (Å²) in [4.78, 5) is 51.0. The number of carbonyl (C=O) groups excluding carboxylic acids is 2. The number of halogens is 6. The first-order valence-corrected chi connectivity index (χ1v) is 12.1. The molecule has 0 unspecified atom stereocenters. The Bertz CT molecular complexity index is 1370. The lowest BCUT2D eigenvalue weighted by molar-refractivity contribution is -0.144. The molecule has 0 bridgehead atoms. The Balaban J connectivity index is 2.17. The number of carboxylic acid groups (broad SMARTS) is 2. The minimum absolute atomic E-state index is 0.0621. The van der Waals surface area contributed by atoms with Crippen LogP contribution in [-0.2, 0) is 21.9 Å². The van der Waals surface area contributed by atoms with E-state index in [0.29, 0.717) is 12.1 Å². The lowest BCUT2D eigenvalue weighted by atomic mass is 9.96. The summed E-state index contributed by atoms with van der Waals surface area (Å²) in [6, 6.07) is 2.17. The van der Waals surface area contributed by atoms with Crippen LogP contribution in [0.25, 0.3) is 11.1 Å². The minimum Gasteiger partial charge on any atom is -0.480 e. The highest BCUT2D eigenvalue weighted by molar-refractivity contribution is 6.05. The van der Waals surface area contributed by atoms with E-state index in [9.17, 15) is 55.7 Å². The van der Waals surface area contributed by atoms with E-state index in [-0.39, 0.29) is 23.9 Å². The smallest absolute Gasteiger partial charge is 0.416 e. The molecule has 1 aliphatic heterocycles. The van der Waals surface area contributed by atoms with Gasteiger partial charge in [-0.05, 0) is 62.2 Å². The number of nitrogens with one attached hydrogen (secondary N) is 1. The molecule has 0 spiro atoms. The number of carboxylic acids is 1. The Hall–Kier alpha value is -4.50. The molecular weight excluding hydrogens is 580 g/mol. The molecule has 0 aromatic heterocycles. The molecule has 1 aliphatic rings. The zero-order valence-electron chi connectivity index (χ0n) is 22.3. The Morgan fingerprint density at radius 2 is 1.43 bits per heavy atom. The molecular formula is C26H25F6N3O7. The Kier molecular flexibility index (Phi) is 8.70. The standard InChI is InChI=1S/C26H25F6N3O7/c1-24(2,3)42-22(39)33-18-5-4-13(14-8-15(25(27,28)29)11-16(9-14)26(30,31)32)10-17(18)20(36)35-7-6-34(23(40)41)12-19(35)21(37)38/h4-5,8-11,19H,6-7,12H2,1-3H3,(H,33,39)(H,37,38)(H,40,41)/t19-/m0/s1. The number of piperazine rings is 1. The number of nitrogens with zero attached hydrogens (tertiary/aromatic N) is 2. The fourth-order valence-corrected chi connectivity index (χ4v) is 4.11. The normalized spacial score (nSPS) is 16.2. The Morgan fingerprint density at radius 3 is 1.90 bits per heavy atom. The van der Waals surface area contributed by atoms with Crippen molar-refractivity contribution in [2.24, 2.45) is 0 Å². The second-order valence-corrected chi connectivity index (χ2v) is 10.3. The Labute approximate surface area is 234 Å². The van der Waals surface area contributed by atoms with Crippen molar-refractivity contribution in [3.05, 3.63) is 53.1 Å². The van der Waals surface area contributed by atoms with Gasteiger partial charge in [-0.3, -0.25) is 10.1 Å². The average Bonchev–Trinajstić information content (AvgIpc) is 2.85. The summed E-state index contributed by atoms with van der Waals surface area (Å²) in [6.45, 7) is 3.28. The molecule has 42 heavy (non-hydrogen) atoms. The van der Waals surface area contributed by atoms with Gasteiger partial charge in [0.2, 0.25) is 0 Å². The van der Waals surface area contributed by atoms with Gasteiger partial charge in [-0.1, -0.05) is 6.07 Å². The van der Waals surface area contributed by atoms with Gasteiger partial charge in [-0.25, -0.2) is 14.4 Å². The zero-order valence-corrected chi connectivity index (χ0v) is 22.3. The highest BCUT2D eigenvalue weighted by Gasteiger charge is 2.39. The predicted octanol–water partition coefficient (Wildman–Crippen LogP) is 5.63. The van der Waals surface area contributed by atoms with E-state index in [2.05, 4.69) is 5.32 Å². The molecule has 2 aromatic rings. The van der Waals surface area contributed by atoms with Crippen LogP contribution in [0.4, 0.5) is 41.6 Å². The van der Waals surface area contributed by atoms with E-state index in [1.807, 2.05) is 0 Å². The fourth-order valence-electron chi connectivity index (χ4n) is 4.11. The highest BCUT2D eigenvalue weighted by Crippen LogP contribution is 2.39. The maximum Gasteiger partial charge on any atom is 0.416 e. The van der Waals surface area contributed by atoms with Crippen molar-refractivity contribution < 1.29 is 60.5 Å². The van der Waals surface area contributed by atoms with Gasteiger partial charge in [0.05, 0.1) is 28.9 Å². The van der Waals surface area contributed by atoms with Crippen molar-refractivity contribution in [3.8, 4) is 11.1 Å². The molecule has 228 valence electrons. The lowest BCUT2D eigenvalue weighted by Crippen LogP contribution is -2.59. The summed E-state index contributed by atoms with van der Waals surface area (Å²) in [5.74, 6) is -2.65. The molecule has 3 amide bonds.